The molecular formula is C16H26N2O. The Balaban J connectivity index is 2.83. The van der Waals surface area contributed by atoms with Crippen LogP contribution in [0.3, 0.4) is 0 Å². The molecule has 3 nitrogen and oxygen atoms in total. The summed E-state index contributed by atoms with van der Waals surface area (Å²) in [6, 6.07) is 3.87. The zero-order valence-corrected chi connectivity index (χ0v) is 12.5. The Morgan fingerprint density at radius 1 is 1.16 bits per heavy atom. The first-order valence-electron chi connectivity index (χ1n) is 7.17. The Morgan fingerprint density at radius 3 is 2.26 bits per heavy atom. The van der Waals surface area contributed by atoms with E-state index in [0.29, 0.717) is 0 Å². The number of carbonyl (C=O) groups is 1. The van der Waals surface area contributed by atoms with E-state index in [1.165, 1.54) is 0 Å². The predicted octanol–water partition coefficient (Wildman–Crippen LogP) is 4.04. The molecule has 0 saturated heterocycles. The molecule has 0 aliphatic carbocycles. The number of carbonyl (C=O) groups excluding carboxylic acids is 1. The van der Waals surface area contributed by atoms with Crippen molar-refractivity contribution in [1.29, 1.82) is 0 Å². The fourth-order valence-corrected chi connectivity index (χ4v) is 2.34. The summed E-state index contributed by atoms with van der Waals surface area (Å²) < 4.78 is 0. The number of hydrogen-bond acceptors (Lipinski definition) is 2. The van der Waals surface area contributed by atoms with Crippen molar-refractivity contribution in [1.82, 2.24) is 0 Å². The number of benzene rings is 1. The molecule has 0 aliphatic heterocycles. The minimum Gasteiger partial charge on any atom is -0.398 e. The molecule has 19 heavy (non-hydrogen) atoms. The molecule has 1 rings (SSSR count). The van der Waals surface area contributed by atoms with Gasteiger partial charge in [0, 0.05) is 17.3 Å². The highest BCUT2D eigenvalue weighted by molar-refractivity contribution is 5.93. The molecule has 0 bridgehead atoms. The van der Waals surface area contributed by atoms with Crippen molar-refractivity contribution >= 4 is 17.3 Å². The van der Waals surface area contributed by atoms with Gasteiger partial charge in [-0.05, 0) is 43.9 Å². The topological polar surface area (TPSA) is 55.1 Å². The van der Waals surface area contributed by atoms with Crippen LogP contribution in [-0.2, 0) is 4.79 Å². The molecule has 106 valence electrons. The van der Waals surface area contributed by atoms with Gasteiger partial charge in [-0.1, -0.05) is 32.8 Å². The fourth-order valence-electron chi connectivity index (χ4n) is 2.34. The van der Waals surface area contributed by atoms with Crippen LogP contribution in [0.1, 0.15) is 50.7 Å². The Hall–Kier alpha value is -1.51. The van der Waals surface area contributed by atoms with Crippen molar-refractivity contribution in [3.05, 3.63) is 23.3 Å². The minimum absolute atomic E-state index is 0.108. The van der Waals surface area contributed by atoms with Crippen LogP contribution in [0.15, 0.2) is 12.1 Å². The lowest BCUT2D eigenvalue weighted by atomic mass is 9.97. The van der Waals surface area contributed by atoms with Crippen molar-refractivity contribution in [2.75, 3.05) is 11.1 Å². The highest BCUT2D eigenvalue weighted by Crippen LogP contribution is 2.24. The van der Waals surface area contributed by atoms with Crippen LogP contribution in [0.25, 0.3) is 0 Å². The van der Waals surface area contributed by atoms with Gasteiger partial charge in [-0.3, -0.25) is 4.79 Å². The van der Waals surface area contributed by atoms with Crippen LogP contribution in [0.2, 0.25) is 0 Å². The first kappa shape index (κ1) is 15.5. The van der Waals surface area contributed by atoms with Gasteiger partial charge in [0.15, 0.2) is 0 Å². The van der Waals surface area contributed by atoms with Gasteiger partial charge in [-0.15, -0.1) is 0 Å². The van der Waals surface area contributed by atoms with Crippen molar-refractivity contribution in [3.8, 4) is 0 Å². The van der Waals surface area contributed by atoms with Crippen LogP contribution in [0.5, 0.6) is 0 Å². The monoisotopic (exact) mass is 262 g/mol. The third kappa shape index (κ3) is 4.27. The van der Waals surface area contributed by atoms with Gasteiger partial charge in [-0.2, -0.15) is 0 Å². The van der Waals surface area contributed by atoms with Crippen LogP contribution in [-0.4, -0.2) is 5.91 Å². The molecule has 1 aromatic rings. The standard InChI is InChI=1S/C16H26N2O/c1-5-7-13(8-6-2)16(19)18-15-10-14(17)11(3)9-12(15)4/h9-10,13H,5-8,17H2,1-4H3,(H,18,19). The molecule has 1 amide bonds. The van der Waals surface area contributed by atoms with E-state index in [-0.39, 0.29) is 11.8 Å². The molecule has 0 atom stereocenters. The van der Waals surface area contributed by atoms with Gasteiger partial charge in [0.1, 0.15) is 0 Å². The van der Waals surface area contributed by atoms with Gasteiger partial charge < -0.3 is 11.1 Å². The molecule has 0 aromatic heterocycles. The third-order valence-corrected chi connectivity index (χ3v) is 3.52. The second-order valence-corrected chi connectivity index (χ2v) is 5.29. The van der Waals surface area contributed by atoms with Crippen LogP contribution < -0.4 is 11.1 Å². The lowest BCUT2D eigenvalue weighted by Gasteiger charge is -2.17. The van der Waals surface area contributed by atoms with Crippen molar-refractivity contribution in [2.24, 2.45) is 5.92 Å². The summed E-state index contributed by atoms with van der Waals surface area (Å²) in [5.74, 6) is 0.229. The van der Waals surface area contributed by atoms with Gasteiger partial charge in [0.2, 0.25) is 5.91 Å². The number of hydrogen-bond donors (Lipinski definition) is 2. The largest absolute Gasteiger partial charge is 0.398 e. The van der Waals surface area contributed by atoms with E-state index in [1.54, 1.807) is 0 Å². The summed E-state index contributed by atoms with van der Waals surface area (Å²) in [4.78, 5) is 12.3. The van der Waals surface area contributed by atoms with Gasteiger partial charge in [-0.25, -0.2) is 0 Å². The maximum Gasteiger partial charge on any atom is 0.227 e. The number of nitrogens with two attached hydrogens (primary N) is 1. The molecule has 3 N–H and O–H groups in total. The normalized spacial score (nSPS) is 10.8. The van der Waals surface area contributed by atoms with E-state index in [2.05, 4.69) is 19.2 Å². The number of nitrogens with one attached hydrogen (secondary N) is 1. The molecular weight excluding hydrogens is 236 g/mol. The third-order valence-electron chi connectivity index (χ3n) is 3.52. The summed E-state index contributed by atoms with van der Waals surface area (Å²) in [6.45, 7) is 8.21. The smallest absolute Gasteiger partial charge is 0.227 e. The maximum absolute atomic E-state index is 12.3. The SMILES string of the molecule is CCCC(CCC)C(=O)Nc1cc(N)c(C)cc1C. The summed E-state index contributed by atoms with van der Waals surface area (Å²) in [7, 11) is 0. The zero-order chi connectivity index (χ0) is 14.4. The summed E-state index contributed by atoms with van der Waals surface area (Å²) in [5.41, 5.74) is 9.58. The van der Waals surface area contributed by atoms with E-state index in [4.69, 9.17) is 5.73 Å². The Bertz CT molecular complexity index is 435. The number of aryl methyl sites for hydroxylation is 2. The van der Waals surface area contributed by atoms with E-state index >= 15 is 0 Å². The van der Waals surface area contributed by atoms with Crippen molar-refractivity contribution in [3.63, 3.8) is 0 Å². The number of amides is 1. The summed E-state index contributed by atoms with van der Waals surface area (Å²) in [5, 5.41) is 3.03. The van der Waals surface area contributed by atoms with Crippen LogP contribution in [0.4, 0.5) is 11.4 Å². The molecule has 0 fully saturated rings. The van der Waals surface area contributed by atoms with E-state index in [9.17, 15) is 4.79 Å². The Kier molecular flexibility index (Phi) is 5.87. The van der Waals surface area contributed by atoms with E-state index in [0.717, 1.165) is 48.2 Å². The Labute approximate surface area is 116 Å². The molecule has 0 unspecified atom stereocenters. The molecule has 3 heteroatoms. The first-order chi connectivity index (χ1) is 8.99. The lowest BCUT2D eigenvalue weighted by Crippen LogP contribution is -2.23. The second kappa shape index (κ2) is 7.17. The number of nitrogen functional groups attached to an aromatic ring is 1. The highest BCUT2D eigenvalue weighted by Gasteiger charge is 2.17. The average molecular weight is 262 g/mol. The summed E-state index contributed by atoms with van der Waals surface area (Å²) in [6.07, 6.45) is 3.96. The summed E-state index contributed by atoms with van der Waals surface area (Å²) >= 11 is 0. The second-order valence-electron chi connectivity index (χ2n) is 5.29. The average Bonchev–Trinajstić information content (AvgIpc) is 2.35. The molecule has 1 aromatic carbocycles. The van der Waals surface area contributed by atoms with Crippen molar-refractivity contribution < 1.29 is 4.79 Å². The molecule has 0 spiro atoms. The molecule has 0 radical (unpaired) electrons. The van der Waals surface area contributed by atoms with Gasteiger partial charge >= 0.3 is 0 Å². The van der Waals surface area contributed by atoms with Gasteiger partial charge in [0.25, 0.3) is 0 Å². The van der Waals surface area contributed by atoms with Gasteiger partial charge in [0.05, 0.1) is 0 Å². The number of rotatable bonds is 6. The lowest BCUT2D eigenvalue weighted by molar-refractivity contribution is -0.120. The van der Waals surface area contributed by atoms with E-state index in [1.807, 2.05) is 26.0 Å². The van der Waals surface area contributed by atoms with Crippen LogP contribution in [0, 0.1) is 19.8 Å². The molecule has 0 aliphatic rings. The first-order valence-corrected chi connectivity index (χ1v) is 7.17. The predicted molar refractivity (Wildman–Crippen MR) is 82.3 cm³/mol. The Morgan fingerprint density at radius 2 is 1.74 bits per heavy atom. The minimum atomic E-state index is 0.108. The highest BCUT2D eigenvalue weighted by atomic mass is 16.1. The zero-order valence-electron chi connectivity index (χ0n) is 12.5. The number of anilines is 2. The molecule has 0 heterocycles. The van der Waals surface area contributed by atoms with Crippen LogP contribution >= 0.6 is 0 Å². The quantitative estimate of drug-likeness (QED) is 0.760. The van der Waals surface area contributed by atoms with Crippen molar-refractivity contribution in [2.45, 2.75) is 53.4 Å². The maximum atomic E-state index is 12.3. The van der Waals surface area contributed by atoms with E-state index < -0.39 is 0 Å². The molecule has 0 saturated carbocycles. The fraction of sp³-hybridized carbons (Fsp3) is 0.562.